The molecule has 2 aromatic heterocycles. The molecule has 4 aromatic rings. The number of hydrogen-bond acceptors (Lipinski definition) is 5. The van der Waals surface area contributed by atoms with Gasteiger partial charge in [0.15, 0.2) is 12.3 Å². The van der Waals surface area contributed by atoms with Gasteiger partial charge in [-0.15, -0.1) is 0 Å². The van der Waals surface area contributed by atoms with Crippen molar-refractivity contribution in [3.05, 3.63) is 84.1 Å². The van der Waals surface area contributed by atoms with Crippen LogP contribution in [0.25, 0.3) is 22.3 Å². The van der Waals surface area contributed by atoms with Crippen LogP contribution in [-0.4, -0.2) is 51.2 Å². The van der Waals surface area contributed by atoms with Crippen LogP contribution < -0.4 is 0 Å². The first-order chi connectivity index (χ1) is 16.7. The molecule has 5 rings (SSSR count). The molecule has 1 aliphatic rings. The first-order valence-electron chi connectivity index (χ1n) is 11.6. The van der Waals surface area contributed by atoms with Gasteiger partial charge >= 0.3 is 5.97 Å². The van der Waals surface area contributed by atoms with E-state index in [0.29, 0.717) is 28.8 Å². The molecule has 0 atom stereocenters. The Kier molecular flexibility index (Phi) is 6.33. The summed E-state index contributed by atoms with van der Waals surface area (Å²) in [6.07, 6.45) is 4.76. The van der Waals surface area contributed by atoms with Crippen LogP contribution in [0, 0.1) is 0 Å². The maximum atomic E-state index is 13.1. The molecule has 1 aliphatic heterocycles. The second-order valence-electron chi connectivity index (χ2n) is 8.46. The van der Waals surface area contributed by atoms with Gasteiger partial charge in [0.1, 0.15) is 0 Å². The van der Waals surface area contributed by atoms with Crippen molar-refractivity contribution in [2.24, 2.45) is 0 Å². The SMILES string of the molecule is O=C(OCC(=O)N1CCCCC1)c1cc(-c2ccccc2)nc2c1cnn2Cc1ccccc1. The Morgan fingerprint density at radius 2 is 1.62 bits per heavy atom. The molecule has 1 amide bonds. The summed E-state index contributed by atoms with van der Waals surface area (Å²) in [6, 6.07) is 21.4. The van der Waals surface area contributed by atoms with Gasteiger partial charge in [0.25, 0.3) is 5.91 Å². The van der Waals surface area contributed by atoms with Crippen LogP contribution in [0.4, 0.5) is 0 Å². The Morgan fingerprint density at radius 3 is 2.35 bits per heavy atom. The van der Waals surface area contributed by atoms with Gasteiger partial charge in [-0.1, -0.05) is 60.7 Å². The maximum Gasteiger partial charge on any atom is 0.339 e. The fourth-order valence-corrected chi connectivity index (χ4v) is 4.29. The van der Waals surface area contributed by atoms with E-state index in [9.17, 15) is 9.59 Å². The number of aromatic nitrogens is 3. The summed E-state index contributed by atoms with van der Waals surface area (Å²) in [5.41, 5.74) is 3.57. The fraction of sp³-hybridized carbons (Fsp3) is 0.259. The molecule has 172 valence electrons. The third-order valence-electron chi connectivity index (χ3n) is 6.11. The number of ether oxygens (including phenoxy) is 1. The Balaban J connectivity index is 1.47. The highest BCUT2D eigenvalue weighted by Crippen LogP contribution is 2.26. The average molecular weight is 455 g/mol. The van der Waals surface area contributed by atoms with Crippen molar-refractivity contribution in [3.8, 4) is 11.3 Å². The fourth-order valence-electron chi connectivity index (χ4n) is 4.29. The predicted molar refractivity (Wildman–Crippen MR) is 129 cm³/mol. The van der Waals surface area contributed by atoms with Gasteiger partial charge in [0.2, 0.25) is 0 Å². The normalized spacial score (nSPS) is 13.7. The van der Waals surface area contributed by atoms with Crippen LogP contribution in [0.1, 0.15) is 35.2 Å². The monoisotopic (exact) mass is 454 g/mol. The second-order valence-corrected chi connectivity index (χ2v) is 8.46. The number of carbonyl (C=O) groups is 2. The van der Waals surface area contributed by atoms with Crippen LogP contribution in [0.3, 0.4) is 0 Å². The highest BCUT2D eigenvalue weighted by atomic mass is 16.5. The lowest BCUT2D eigenvalue weighted by Gasteiger charge is -2.26. The van der Waals surface area contributed by atoms with Crippen LogP contribution in [0.5, 0.6) is 0 Å². The number of esters is 1. The summed E-state index contributed by atoms with van der Waals surface area (Å²) in [4.78, 5) is 32.3. The number of amides is 1. The van der Waals surface area contributed by atoms with Crippen molar-refractivity contribution in [1.29, 1.82) is 0 Å². The molecule has 0 N–H and O–H groups in total. The Bertz CT molecular complexity index is 1300. The zero-order chi connectivity index (χ0) is 23.3. The van der Waals surface area contributed by atoms with E-state index in [-0.39, 0.29) is 12.5 Å². The first kappa shape index (κ1) is 21.8. The van der Waals surface area contributed by atoms with Crippen molar-refractivity contribution in [2.75, 3.05) is 19.7 Å². The minimum absolute atomic E-state index is 0.151. The average Bonchev–Trinajstić information content (AvgIpc) is 3.30. The molecule has 0 saturated carbocycles. The molecule has 1 saturated heterocycles. The Hall–Kier alpha value is -4.00. The molecule has 34 heavy (non-hydrogen) atoms. The van der Waals surface area contributed by atoms with Crippen molar-refractivity contribution < 1.29 is 14.3 Å². The van der Waals surface area contributed by atoms with Crippen molar-refractivity contribution in [3.63, 3.8) is 0 Å². The number of piperidine rings is 1. The van der Waals surface area contributed by atoms with Gasteiger partial charge in [-0.2, -0.15) is 5.10 Å². The molecule has 0 bridgehead atoms. The van der Waals surface area contributed by atoms with Gasteiger partial charge in [0.05, 0.1) is 29.4 Å². The van der Waals surface area contributed by atoms with Gasteiger partial charge in [-0.3, -0.25) is 4.79 Å². The zero-order valence-electron chi connectivity index (χ0n) is 18.9. The largest absolute Gasteiger partial charge is 0.452 e. The van der Waals surface area contributed by atoms with Crippen molar-refractivity contribution in [2.45, 2.75) is 25.8 Å². The van der Waals surface area contributed by atoms with E-state index in [2.05, 4.69) is 5.10 Å². The van der Waals surface area contributed by atoms with Gasteiger partial charge in [-0.25, -0.2) is 14.5 Å². The number of carbonyl (C=O) groups excluding carboxylic acids is 2. The number of benzene rings is 2. The van der Waals surface area contributed by atoms with Crippen LogP contribution in [0.15, 0.2) is 72.9 Å². The second kappa shape index (κ2) is 9.87. The lowest BCUT2D eigenvalue weighted by Crippen LogP contribution is -2.38. The van der Waals surface area contributed by atoms with E-state index in [4.69, 9.17) is 9.72 Å². The molecule has 0 unspecified atom stereocenters. The lowest BCUT2D eigenvalue weighted by molar-refractivity contribution is -0.135. The molecule has 0 aliphatic carbocycles. The lowest BCUT2D eigenvalue weighted by atomic mass is 10.1. The number of likely N-dealkylation sites (tertiary alicyclic amines) is 1. The summed E-state index contributed by atoms with van der Waals surface area (Å²) in [6.45, 7) is 1.71. The third kappa shape index (κ3) is 4.69. The van der Waals surface area contributed by atoms with Gasteiger partial charge < -0.3 is 9.64 Å². The highest BCUT2D eigenvalue weighted by Gasteiger charge is 2.22. The van der Waals surface area contributed by atoms with Crippen LogP contribution in [0.2, 0.25) is 0 Å². The zero-order valence-corrected chi connectivity index (χ0v) is 18.9. The quantitative estimate of drug-likeness (QED) is 0.406. The predicted octanol–water partition coefficient (Wildman–Crippen LogP) is 4.32. The minimum Gasteiger partial charge on any atom is -0.452 e. The first-order valence-corrected chi connectivity index (χ1v) is 11.6. The smallest absolute Gasteiger partial charge is 0.339 e. The van der Waals surface area contributed by atoms with Crippen molar-refractivity contribution >= 4 is 22.9 Å². The third-order valence-corrected chi connectivity index (χ3v) is 6.11. The van der Waals surface area contributed by atoms with Gasteiger partial charge in [0, 0.05) is 18.7 Å². The van der Waals surface area contributed by atoms with E-state index in [0.717, 1.165) is 43.5 Å². The summed E-state index contributed by atoms with van der Waals surface area (Å²) in [5.74, 6) is -0.699. The van der Waals surface area contributed by atoms with E-state index in [1.54, 1.807) is 21.8 Å². The summed E-state index contributed by atoms with van der Waals surface area (Å²) in [5, 5.41) is 5.11. The molecular weight excluding hydrogens is 428 g/mol. The summed E-state index contributed by atoms with van der Waals surface area (Å²) < 4.78 is 7.26. The minimum atomic E-state index is -0.547. The molecule has 0 radical (unpaired) electrons. The summed E-state index contributed by atoms with van der Waals surface area (Å²) >= 11 is 0. The molecule has 7 heteroatoms. The van der Waals surface area contributed by atoms with E-state index in [1.807, 2.05) is 60.7 Å². The number of pyridine rings is 1. The van der Waals surface area contributed by atoms with Crippen LogP contribution >= 0.6 is 0 Å². The molecule has 7 nitrogen and oxygen atoms in total. The van der Waals surface area contributed by atoms with Gasteiger partial charge in [-0.05, 0) is 30.9 Å². The number of rotatable bonds is 6. The van der Waals surface area contributed by atoms with Crippen LogP contribution in [-0.2, 0) is 16.1 Å². The van der Waals surface area contributed by atoms with E-state index in [1.165, 1.54) is 0 Å². The topological polar surface area (TPSA) is 77.3 Å². The van der Waals surface area contributed by atoms with E-state index >= 15 is 0 Å². The maximum absolute atomic E-state index is 13.1. The van der Waals surface area contributed by atoms with E-state index < -0.39 is 5.97 Å². The summed E-state index contributed by atoms with van der Waals surface area (Å²) in [7, 11) is 0. The number of fused-ring (bicyclic) bond motifs is 1. The molecule has 1 fully saturated rings. The molecule has 3 heterocycles. The number of nitrogens with zero attached hydrogens (tertiary/aromatic N) is 4. The highest BCUT2D eigenvalue weighted by molar-refractivity contribution is 6.04. The Morgan fingerprint density at radius 1 is 0.912 bits per heavy atom. The van der Waals surface area contributed by atoms with Crippen molar-refractivity contribution in [1.82, 2.24) is 19.7 Å². The molecular formula is C27H26N4O3. The standard InChI is InChI=1S/C27H26N4O3/c32-25(30-14-8-3-9-15-30)19-34-27(33)22-16-24(21-12-6-2-7-13-21)29-26-23(22)17-28-31(26)18-20-10-4-1-5-11-20/h1-2,4-7,10-13,16-17H,3,8-9,14-15,18-19H2. The Labute approximate surface area is 198 Å². The molecule has 0 spiro atoms. The molecule has 2 aromatic carbocycles. The number of hydrogen-bond donors (Lipinski definition) is 0.